The van der Waals surface area contributed by atoms with Crippen LogP contribution >= 0.6 is 11.3 Å². The van der Waals surface area contributed by atoms with Gasteiger partial charge < -0.3 is 15.8 Å². The number of ether oxygens (including phenoxy) is 1. The fourth-order valence-corrected chi connectivity index (χ4v) is 2.49. The van der Waals surface area contributed by atoms with Gasteiger partial charge in [0.1, 0.15) is 11.1 Å². The molecule has 1 aromatic carbocycles. The molecule has 0 radical (unpaired) electrons. The van der Waals surface area contributed by atoms with Crippen molar-refractivity contribution in [3.05, 3.63) is 45.9 Å². The van der Waals surface area contributed by atoms with Crippen molar-refractivity contribution < 1.29 is 9.53 Å². The van der Waals surface area contributed by atoms with Crippen molar-refractivity contribution in [2.45, 2.75) is 19.6 Å². The van der Waals surface area contributed by atoms with E-state index in [9.17, 15) is 4.79 Å². The molecule has 0 spiro atoms. The Morgan fingerprint density at radius 3 is 3.05 bits per heavy atom. The van der Waals surface area contributed by atoms with E-state index in [-0.39, 0.29) is 12.0 Å². The summed E-state index contributed by atoms with van der Waals surface area (Å²) in [7, 11) is 1.65. The fraction of sp³-hybridized carbons (Fsp3) is 0.286. The first-order valence-corrected chi connectivity index (χ1v) is 7.09. The quantitative estimate of drug-likeness (QED) is 0.829. The molecule has 0 saturated heterocycles. The molecule has 0 fully saturated rings. The van der Waals surface area contributed by atoms with Crippen molar-refractivity contribution in [3.8, 4) is 0 Å². The molecule has 0 aliphatic carbocycles. The average Bonchev–Trinajstić information content (AvgIpc) is 2.92. The summed E-state index contributed by atoms with van der Waals surface area (Å²) < 4.78 is 5.20. The normalized spacial score (nSPS) is 12.1. The number of hydrogen-bond acceptors (Lipinski definition) is 5. The van der Waals surface area contributed by atoms with Crippen LogP contribution in [0.25, 0.3) is 0 Å². The number of aromatic nitrogens is 1. The van der Waals surface area contributed by atoms with Crippen molar-refractivity contribution >= 4 is 22.9 Å². The van der Waals surface area contributed by atoms with E-state index in [1.54, 1.807) is 31.4 Å². The maximum absolute atomic E-state index is 12.0. The molecule has 0 bridgehead atoms. The van der Waals surface area contributed by atoms with E-state index in [0.29, 0.717) is 17.8 Å². The minimum Gasteiger partial charge on any atom is -0.399 e. The number of carbonyl (C=O) groups excluding carboxylic acids is 1. The Morgan fingerprint density at radius 2 is 2.35 bits per heavy atom. The SMILES string of the molecule is COC(C)c1nc(CNC(=O)c2cccc(N)c2)cs1. The molecule has 1 heterocycles. The lowest BCUT2D eigenvalue weighted by atomic mass is 10.2. The second kappa shape index (κ2) is 6.49. The van der Waals surface area contributed by atoms with Crippen molar-refractivity contribution in [2.75, 3.05) is 12.8 Å². The van der Waals surface area contributed by atoms with Gasteiger partial charge in [0.25, 0.3) is 5.91 Å². The summed E-state index contributed by atoms with van der Waals surface area (Å²) in [6.45, 7) is 2.33. The van der Waals surface area contributed by atoms with Gasteiger partial charge in [-0.15, -0.1) is 11.3 Å². The number of nitrogens with one attached hydrogen (secondary N) is 1. The molecule has 106 valence electrons. The molecule has 6 heteroatoms. The average molecular weight is 291 g/mol. The molecule has 5 nitrogen and oxygen atoms in total. The number of nitrogen functional groups attached to an aromatic ring is 1. The highest BCUT2D eigenvalue weighted by Gasteiger charge is 2.10. The largest absolute Gasteiger partial charge is 0.399 e. The van der Waals surface area contributed by atoms with Crippen LogP contribution in [0, 0.1) is 0 Å². The number of rotatable bonds is 5. The maximum atomic E-state index is 12.0. The predicted molar refractivity (Wildman–Crippen MR) is 79.6 cm³/mol. The van der Waals surface area contributed by atoms with E-state index >= 15 is 0 Å². The topological polar surface area (TPSA) is 77.2 Å². The first kappa shape index (κ1) is 14.5. The Kier molecular flexibility index (Phi) is 4.70. The molecular formula is C14H17N3O2S. The standard InChI is InChI=1S/C14H17N3O2S/c1-9(19-2)14-17-12(8-20-14)7-16-13(18)10-4-3-5-11(15)6-10/h3-6,8-9H,7,15H2,1-2H3,(H,16,18). The molecule has 0 saturated carbocycles. The van der Waals surface area contributed by atoms with Gasteiger partial charge in [-0.05, 0) is 25.1 Å². The van der Waals surface area contributed by atoms with Gasteiger partial charge in [0.15, 0.2) is 0 Å². The van der Waals surface area contributed by atoms with E-state index < -0.39 is 0 Å². The third kappa shape index (κ3) is 3.55. The molecule has 1 atom stereocenters. The fourth-order valence-electron chi connectivity index (χ4n) is 1.64. The monoisotopic (exact) mass is 291 g/mol. The van der Waals surface area contributed by atoms with Crippen molar-refractivity contribution in [1.29, 1.82) is 0 Å². The smallest absolute Gasteiger partial charge is 0.251 e. The molecule has 2 aromatic rings. The zero-order valence-electron chi connectivity index (χ0n) is 11.4. The van der Waals surface area contributed by atoms with Gasteiger partial charge in [-0.3, -0.25) is 4.79 Å². The molecule has 3 N–H and O–H groups in total. The highest BCUT2D eigenvalue weighted by molar-refractivity contribution is 7.09. The van der Waals surface area contributed by atoms with E-state index in [1.807, 2.05) is 12.3 Å². The maximum Gasteiger partial charge on any atom is 0.251 e. The lowest BCUT2D eigenvalue weighted by molar-refractivity contribution is 0.0950. The van der Waals surface area contributed by atoms with Gasteiger partial charge in [0.2, 0.25) is 0 Å². The molecule has 0 aliphatic heterocycles. The number of benzene rings is 1. The number of nitrogens with zero attached hydrogens (tertiary/aromatic N) is 1. The second-order valence-electron chi connectivity index (χ2n) is 4.36. The zero-order chi connectivity index (χ0) is 14.5. The first-order chi connectivity index (χ1) is 9.60. The number of anilines is 1. The number of amides is 1. The summed E-state index contributed by atoms with van der Waals surface area (Å²) in [6.07, 6.45) is -0.0293. The van der Waals surface area contributed by atoms with Crippen LogP contribution in [0.2, 0.25) is 0 Å². The second-order valence-corrected chi connectivity index (χ2v) is 5.25. The third-order valence-corrected chi connectivity index (χ3v) is 3.90. The summed E-state index contributed by atoms with van der Waals surface area (Å²) in [5.41, 5.74) is 7.59. The molecule has 1 aromatic heterocycles. The summed E-state index contributed by atoms with van der Waals surface area (Å²) >= 11 is 1.52. The summed E-state index contributed by atoms with van der Waals surface area (Å²) in [5, 5.41) is 5.65. The third-order valence-electron chi connectivity index (χ3n) is 2.85. The number of hydrogen-bond donors (Lipinski definition) is 2. The zero-order valence-corrected chi connectivity index (χ0v) is 12.2. The summed E-state index contributed by atoms with van der Waals surface area (Å²) in [5.74, 6) is -0.161. The lowest BCUT2D eigenvalue weighted by Crippen LogP contribution is -2.23. The van der Waals surface area contributed by atoms with Gasteiger partial charge in [-0.1, -0.05) is 6.07 Å². The number of nitrogens with two attached hydrogens (primary N) is 1. The number of thiazole rings is 1. The van der Waals surface area contributed by atoms with E-state index in [2.05, 4.69) is 10.3 Å². The summed E-state index contributed by atoms with van der Waals surface area (Å²) in [4.78, 5) is 16.4. The van der Waals surface area contributed by atoms with Crippen LogP contribution in [0.3, 0.4) is 0 Å². The molecule has 1 amide bonds. The Labute approximate surface area is 121 Å². The van der Waals surface area contributed by atoms with E-state index in [1.165, 1.54) is 11.3 Å². The van der Waals surface area contributed by atoms with Gasteiger partial charge in [-0.2, -0.15) is 0 Å². The molecule has 2 rings (SSSR count). The van der Waals surface area contributed by atoms with Crippen LogP contribution in [-0.2, 0) is 11.3 Å². The van der Waals surface area contributed by atoms with Crippen LogP contribution in [-0.4, -0.2) is 18.0 Å². The van der Waals surface area contributed by atoms with Gasteiger partial charge >= 0.3 is 0 Å². The number of methoxy groups -OCH3 is 1. The predicted octanol–water partition coefficient (Wildman–Crippen LogP) is 2.36. The Hall–Kier alpha value is -1.92. The Balaban J connectivity index is 1.95. The molecule has 0 aliphatic rings. The van der Waals surface area contributed by atoms with Crippen LogP contribution in [0.5, 0.6) is 0 Å². The molecule has 1 unspecified atom stereocenters. The van der Waals surface area contributed by atoms with Crippen LogP contribution in [0.1, 0.15) is 34.1 Å². The van der Waals surface area contributed by atoms with Gasteiger partial charge in [0, 0.05) is 23.7 Å². The van der Waals surface area contributed by atoms with Crippen molar-refractivity contribution in [1.82, 2.24) is 10.3 Å². The molecular weight excluding hydrogens is 274 g/mol. The van der Waals surface area contributed by atoms with Gasteiger partial charge in [0.05, 0.1) is 12.2 Å². The highest BCUT2D eigenvalue weighted by Crippen LogP contribution is 2.20. The van der Waals surface area contributed by atoms with E-state index in [4.69, 9.17) is 10.5 Å². The van der Waals surface area contributed by atoms with Crippen molar-refractivity contribution in [2.24, 2.45) is 0 Å². The lowest BCUT2D eigenvalue weighted by Gasteiger charge is -2.05. The highest BCUT2D eigenvalue weighted by atomic mass is 32.1. The Morgan fingerprint density at radius 1 is 1.55 bits per heavy atom. The minimum absolute atomic E-state index is 0.0293. The van der Waals surface area contributed by atoms with Gasteiger partial charge in [-0.25, -0.2) is 4.98 Å². The number of carbonyl (C=O) groups is 1. The van der Waals surface area contributed by atoms with Crippen LogP contribution in [0.15, 0.2) is 29.6 Å². The summed E-state index contributed by atoms with van der Waals surface area (Å²) in [6, 6.07) is 6.88. The van der Waals surface area contributed by atoms with Crippen LogP contribution < -0.4 is 11.1 Å². The van der Waals surface area contributed by atoms with E-state index in [0.717, 1.165) is 10.7 Å². The first-order valence-electron chi connectivity index (χ1n) is 6.21. The van der Waals surface area contributed by atoms with Crippen LogP contribution in [0.4, 0.5) is 5.69 Å². The minimum atomic E-state index is -0.161. The van der Waals surface area contributed by atoms with Crippen molar-refractivity contribution in [3.63, 3.8) is 0 Å². The Bertz CT molecular complexity index is 598. The molecule has 20 heavy (non-hydrogen) atoms.